The minimum absolute atomic E-state index is 0.366. The Hall–Kier alpha value is 0.310. The van der Waals surface area contributed by atoms with Gasteiger partial charge >= 0.3 is 0 Å². The van der Waals surface area contributed by atoms with E-state index in [4.69, 9.17) is 5.11 Å². The lowest BCUT2D eigenvalue weighted by atomic mass is 10.1. The minimum atomic E-state index is 0.366. The highest BCUT2D eigenvalue weighted by Crippen LogP contribution is 2.12. The van der Waals surface area contributed by atoms with Crippen LogP contribution in [-0.4, -0.2) is 23.2 Å². The van der Waals surface area contributed by atoms with Crippen LogP contribution in [0.5, 0.6) is 0 Å². The molecule has 0 aliphatic carbocycles. The van der Waals surface area contributed by atoms with Crippen molar-refractivity contribution in [2.45, 2.75) is 71.1 Å². The third-order valence-corrected chi connectivity index (χ3v) is 3.99. The second kappa shape index (κ2) is 15.3. The van der Waals surface area contributed by atoms with Crippen LogP contribution in [0.25, 0.3) is 0 Å². The van der Waals surface area contributed by atoms with Crippen molar-refractivity contribution in [2.24, 2.45) is 0 Å². The van der Waals surface area contributed by atoms with Crippen molar-refractivity contribution < 1.29 is 5.11 Å². The lowest BCUT2D eigenvalue weighted by Gasteiger charge is -2.02. The van der Waals surface area contributed by atoms with Crippen molar-refractivity contribution >= 4 is 11.8 Å². The van der Waals surface area contributed by atoms with Crippen LogP contribution in [0.1, 0.15) is 71.1 Å². The predicted octanol–water partition coefficient (Wildman–Crippen LogP) is 4.63. The van der Waals surface area contributed by atoms with Crippen LogP contribution in [0.3, 0.4) is 0 Å². The fourth-order valence-electron chi connectivity index (χ4n) is 1.76. The number of aliphatic hydroxyl groups excluding tert-OH is 1. The first-order valence-corrected chi connectivity index (χ1v) is 8.26. The smallest absolute Gasteiger partial charge is 0.0431 e. The van der Waals surface area contributed by atoms with Crippen LogP contribution in [0.4, 0.5) is 0 Å². The molecule has 0 amide bonds. The van der Waals surface area contributed by atoms with Gasteiger partial charge < -0.3 is 5.11 Å². The van der Waals surface area contributed by atoms with Crippen LogP contribution < -0.4 is 0 Å². The molecule has 2 heteroatoms. The average molecular weight is 246 g/mol. The van der Waals surface area contributed by atoms with Crippen molar-refractivity contribution in [3.05, 3.63) is 0 Å². The number of thioether (sulfide) groups is 1. The SMILES string of the molecule is CCCCCCCCSCCCCCCO. The van der Waals surface area contributed by atoms with E-state index in [1.807, 2.05) is 0 Å². The molecule has 0 atom stereocenters. The standard InChI is InChI=1S/C14H30OS/c1-2-3-4-5-7-10-13-16-14-11-8-6-9-12-15/h15H,2-14H2,1H3. The Kier molecular flexibility index (Phi) is 15.6. The van der Waals surface area contributed by atoms with Crippen molar-refractivity contribution in [3.63, 3.8) is 0 Å². The summed E-state index contributed by atoms with van der Waals surface area (Å²) in [5.74, 6) is 2.67. The molecular weight excluding hydrogens is 216 g/mol. The lowest BCUT2D eigenvalue weighted by molar-refractivity contribution is 0.283. The van der Waals surface area contributed by atoms with Gasteiger partial charge in [0, 0.05) is 6.61 Å². The summed E-state index contributed by atoms with van der Waals surface area (Å²) in [4.78, 5) is 0. The van der Waals surface area contributed by atoms with Gasteiger partial charge in [0.15, 0.2) is 0 Å². The first-order valence-electron chi connectivity index (χ1n) is 7.10. The first-order chi connectivity index (χ1) is 7.91. The summed E-state index contributed by atoms with van der Waals surface area (Å²) >= 11 is 2.11. The number of hydrogen-bond acceptors (Lipinski definition) is 2. The van der Waals surface area contributed by atoms with Crippen LogP contribution in [0.15, 0.2) is 0 Å². The van der Waals surface area contributed by atoms with Gasteiger partial charge in [0.05, 0.1) is 0 Å². The molecule has 0 aromatic heterocycles. The fraction of sp³-hybridized carbons (Fsp3) is 1.00. The highest BCUT2D eigenvalue weighted by molar-refractivity contribution is 7.99. The van der Waals surface area contributed by atoms with Gasteiger partial charge in [-0.1, -0.05) is 51.9 Å². The van der Waals surface area contributed by atoms with Gasteiger partial charge in [-0.15, -0.1) is 0 Å². The van der Waals surface area contributed by atoms with Crippen LogP contribution in [0.2, 0.25) is 0 Å². The van der Waals surface area contributed by atoms with Crippen molar-refractivity contribution in [1.82, 2.24) is 0 Å². The maximum atomic E-state index is 8.62. The van der Waals surface area contributed by atoms with E-state index in [9.17, 15) is 0 Å². The van der Waals surface area contributed by atoms with Gasteiger partial charge in [-0.05, 0) is 30.8 Å². The molecule has 0 spiro atoms. The molecule has 0 rings (SSSR count). The fourth-order valence-corrected chi connectivity index (χ4v) is 2.78. The summed E-state index contributed by atoms with van der Waals surface area (Å²) in [5, 5.41) is 8.62. The topological polar surface area (TPSA) is 20.2 Å². The van der Waals surface area contributed by atoms with E-state index < -0.39 is 0 Å². The van der Waals surface area contributed by atoms with E-state index >= 15 is 0 Å². The Morgan fingerprint density at radius 1 is 0.688 bits per heavy atom. The van der Waals surface area contributed by atoms with E-state index in [2.05, 4.69) is 18.7 Å². The molecule has 0 aromatic carbocycles. The molecule has 0 bridgehead atoms. The van der Waals surface area contributed by atoms with E-state index in [0.29, 0.717) is 6.61 Å². The Bertz CT molecular complexity index is 103. The van der Waals surface area contributed by atoms with Crippen LogP contribution >= 0.6 is 11.8 Å². The van der Waals surface area contributed by atoms with E-state index in [-0.39, 0.29) is 0 Å². The second-order valence-corrected chi connectivity index (χ2v) is 5.74. The molecule has 1 nitrogen and oxygen atoms in total. The van der Waals surface area contributed by atoms with E-state index in [1.165, 1.54) is 69.3 Å². The van der Waals surface area contributed by atoms with Crippen molar-refractivity contribution in [2.75, 3.05) is 18.1 Å². The average Bonchev–Trinajstić information content (AvgIpc) is 2.31. The monoisotopic (exact) mass is 246 g/mol. The minimum Gasteiger partial charge on any atom is -0.396 e. The molecule has 0 saturated heterocycles. The molecule has 0 aliphatic heterocycles. The molecule has 98 valence electrons. The van der Waals surface area contributed by atoms with Crippen molar-refractivity contribution in [1.29, 1.82) is 0 Å². The molecule has 0 aromatic rings. The van der Waals surface area contributed by atoms with Gasteiger partial charge in [0.25, 0.3) is 0 Å². The predicted molar refractivity (Wildman–Crippen MR) is 76.3 cm³/mol. The Labute approximate surface area is 106 Å². The number of unbranched alkanes of at least 4 members (excludes halogenated alkanes) is 8. The quantitative estimate of drug-likeness (QED) is 0.478. The van der Waals surface area contributed by atoms with Gasteiger partial charge in [0.1, 0.15) is 0 Å². The summed E-state index contributed by atoms with van der Waals surface area (Å²) in [7, 11) is 0. The summed E-state index contributed by atoms with van der Waals surface area (Å²) in [6, 6.07) is 0. The summed E-state index contributed by atoms with van der Waals surface area (Å²) < 4.78 is 0. The molecule has 1 N–H and O–H groups in total. The zero-order valence-corrected chi connectivity index (χ0v) is 11.9. The third kappa shape index (κ3) is 14.3. The van der Waals surface area contributed by atoms with Gasteiger partial charge in [-0.3, -0.25) is 0 Å². The maximum Gasteiger partial charge on any atom is 0.0431 e. The molecule has 0 heterocycles. The largest absolute Gasteiger partial charge is 0.396 e. The third-order valence-electron chi connectivity index (χ3n) is 2.84. The van der Waals surface area contributed by atoms with Crippen LogP contribution in [-0.2, 0) is 0 Å². The number of aliphatic hydroxyl groups is 1. The molecule has 16 heavy (non-hydrogen) atoms. The van der Waals surface area contributed by atoms with E-state index in [0.717, 1.165) is 6.42 Å². The normalized spacial score (nSPS) is 10.9. The van der Waals surface area contributed by atoms with Gasteiger partial charge in [0.2, 0.25) is 0 Å². The Balaban J connectivity index is 2.83. The zero-order chi connectivity index (χ0) is 11.9. The Morgan fingerprint density at radius 3 is 1.75 bits per heavy atom. The molecule has 0 unspecified atom stereocenters. The van der Waals surface area contributed by atoms with Crippen molar-refractivity contribution in [3.8, 4) is 0 Å². The molecule has 0 aliphatic rings. The highest BCUT2D eigenvalue weighted by atomic mass is 32.2. The van der Waals surface area contributed by atoms with E-state index in [1.54, 1.807) is 0 Å². The highest BCUT2D eigenvalue weighted by Gasteiger charge is 1.93. The number of hydrogen-bond donors (Lipinski definition) is 1. The number of rotatable bonds is 13. The molecule has 0 radical (unpaired) electrons. The molecule has 0 saturated carbocycles. The summed E-state index contributed by atoms with van der Waals surface area (Å²) in [6.07, 6.45) is 13.3. The second-order valence-electron chi connectivity index (χ2n) is 4.52. The lowest BCUT2D eigenvalue weighted by Crippen LogP contribution is -1.87. The summed E-state index contributed by atoms with van der Waals surface area (Å²) in [6.45, 7) is 2.64. The first kappa shape index (κ1) is 16.3. The van der Waals surface area contributed by atoms with Crippen LogP contribution in [0, 0.1) is 0 Å². The molecule has 0 fully saturated rings. The summed E-state index contributed by atoms with van der Waals surface area (Å²) in [5.41, 5.74) is 0. The Morgan fingerprint density at radius 2 is 1.19 bits per heavy atom. The maximum absolute atomic E-state index is 8.62. The van der Waals surface area contributed by atoms with Gasteiger partial charge in [-0.2, -0.15) is 11.8 Å². The molecular formula is C14H30OS. The zero-order valence-electron chi connectivity index (χ0n) is 11.0. The van der Waals surface area contributed by atoms with Gasteiger partial charge in [-0.25, -0.2) is 0 Å².